The highest BCUT2D eigenvalue weighted by Gasteiger charge is 2.32. The van der Waals surface area contributed by atoms with Crippen molar-refractivity contribution in [3.63, 3.8) is 0 Å². The van der Waals surface area contributed by atoms with Crippen LogP contribution in [0.25, 0.3) is 21.5 Å². The Balaban J connectivity index is 2.12. The van der Waals surface area contributed by atoms with Gasteiger partial charge in [0, 0.05) is 12.3 Å². The average Bonchev–Trinajstić information content (AvgIpc) is 2.51. The van der Waals surface area contributed by atoms with E-state index in [1.165, 1.54) is 10.8 Å². The molecule has 0 bridgehead atoms. The van der Waals surface area contributed by atoms with Crippen molar-refractivity contribution in [3.05, 3.63) is 59.7 Å². The summed E-state index contributed by atoms with van der Waals surface area (Å²) in [5.74, 6) is -0.0307. The molecule has 21 heavy (non-hydrogen) atoms. The molecule has 3 aromatic carbocycles. The topological polar surface area (TPSA) is 20.2 Å². The zero-order chi connectivity index (χ0) is 14.6. The van der Waals surface area contributed by atoms with Crippen LogP contribution in [0.5, 0.6) is 0 Å². The molecule has 106 valence electrons. The van der Waals surface area contributed by atoms with Crippen molar-refractivity contribution in [3.8, 4) is 0 Å². The normalized spacial score (nSPS) is 25.2. The smallest absolute Gasteiger partial charge is 0.128 e. The first kappa shape index (κ1) is 12.8. The number of halogens is 1. The minimum absolute atomic E-state index is 0.0307. The van der Waals surface area contributed by atoms with Crippen molar-refractivity contribution in [2.24, 2.45) is 0 Å². The summed E-state index contributed by atoms with van der Waals surface area (Å²) in [6.07, 6.45) is -1.47. The molecule has 0 heterocycles. The number of hydrogen-bond donors (Lipinski definition) is 1. The predicted octanol–water partition coefficient (Wildman–Crippen LogP) is 4.87. The third kappa shape index (κ3) is 1.79. The molecular weight excluding hydrogens is 263 g/mol. The van der Waals surface area contributed by atoms with Crippen LogP contribution in [0.3, 0.4) is 0 Å². The van der Waals surface area contributed by atoms with E-state index < -0.39 is 12.3 Å². The zero-order valence-corrected chi connectivity index (χ0v) is 11.9. The second-order valence-electron chi connectivity index (χ2n) is 6.01. The Hall–Kier alpha value is -1.93. The largest absolute Gasteiger partial charge is 0.392 e. The van der Waals surface area contributed by atoms with Gasteiger partial charge in [-0.3, -0.25) is 0 Å². The summed E-state index contributed by atoms with van der Waals surface area (Å²) in [7, 11) is 0. The van der Waals surface area contributed by atoms with Gasteiger partial charge in [-0.15, -0.1) is 0 Å². The van der Waals surface area contributed by atoms with Crippen LogP contribution in [0.15, 0.2) is 48.5 Å². The van der Waals surface area contributed by atoms with E-state index in [2.05, 4.69) is 24.3 Å². The van der Waals surface area contributed by atoms with Gasteiger partial charge in [0.2, 0.25) is 0 Å². The fourth-order valence-corrected chi connectivity index (χ4v) is 3.65. The maximum absolute atomic E-state index is 14.3. The minimum atomic E-state index is -1.07. The summed E-state index contributed by atoms with van der Waals surface area (Å²) in [6, 6.07) is 16.3. The Morgan fingerprint density at radius 1 is 0.952 bits per heavy atom. The van der Waals surface area contributed by atoms with Crippen molar-refractivity contribution < 1.29 is 9.50 Å². The number of aliphatic hydroxyl groups excluding tert-OH is 1. The second kappa shape index (κ2) is 4.54. The predicted molar refractivity (Wildman–Crippen MR) is 84.3 cm³/mol. The van der Waals surface area contributed by atoms with E-state index in [0.717, 1.165) is 21.9 Å². The van der Waals surface area contributed by atoms with Crippen LogP contribution in [0, 0.1) is 0 Å². The van der Waals surface area contributed by atoms with Crippen molar-refractivity contribution in [1.29, 1.82) is 0 Å². The number of fused-ring (bicyclic) bond motifs is 5. The van der Waals surface area contributed by atoms with Crippen molar-refractivity contribution >= 4 is 21.5 Å². The molecule has 0 fully saturated rings. The van der Waals surface area contributed by atoms with Gasteiger partial charge in [0.05, 0.1) is 6.10 Å². The molecule has 3 aromatic rings. The van der Waals surface area contributed by atoms with Crippen LogP contribution < -0.4 is 0 Å². The maximum Gasteiger partial charge on any atom is 0.128 e. The van der Waals surface area contributed by atoms with Crippen LogP contribution in [0.4, 0.5) is 4.39 Å². The highest BCUT2D eigenvalue weighted by Crippen LogP contribution is 2.44. The van der Waals surface area contributed by atoms with Crippen LogP contribution in [0.1, 0.15) is 36.6 Å². The lowest BCUT2D eigenvalue weighted by atomic mass is 9.78. The molecule has 3 unspecified atom stereocenters. The SMILES string of the molecule is CC1c2c(ccc3c2ccc2ccccc23)C(F)CC1O. The van der Waals surface area contributed by atoms with Gasteiger partial charge in [0.25, 0.3) is 0 Å². The lowest BCUT2D eigenvalue weighted by molar-refractivity contribution is 0.0931. The molecule has 3 atom stereocenters. The fraction of sp³-hybridized carbons (Fsp3) is 0.263. The highest BCUT2D eigenvalue weighted by molar-refractivity contribution is 6.08. The summed E-state index contributed by atoms with van der Waals surface area (Å²) in [6.45, 7) is 1.99. The van der Waals surface area contributed by atoms with Gasteiger partial charge in [-0.1, -0.05) is 55.5 Å². The monoisotopic (exact) mass is 280 g/mol. The van der Waals surface area contributed by atoms with E-state index in [-0.39, 0.29) is 12.3 Å². The van der Waals surface area contributed by atoms with Crippen molar-refractivity contribution in [2.75, 3.05) is 0 Å². The molecule has 0 spiro atoms. The zero-order valence-electron chi connectivity index (χ0n) is 11.9. The standard InChI is InChI=1S/C19H17FO/c1-11-18(21)10-17(20)16-9-8-14-13-5-3-2-4-12(13)6-7-15(14)19(11)16/h2-9,11,17-18,21H,10H2,1H3. The van der Waals surface area contributed by atoms with E-state index in [0.29, 0.717) is 0 Å². The van der Waals surface area contributed by atoms with Gasteiger partial charge in [-0.2, -0.15) is 0 Å². The van der Waals surface area contributed by atoms with E-state index in [1.54, 1.807) is 0 Å². The van der Waals surface area contributed by atoms with E-state index in [1.807, 2.05) is 31.2 Å². The maximum atomic E-state index is 14.3. The Bertz CT molecular complexity index is 839. The highest BCUT2D eigenvalue weighted by atomic mass is 19.1. The van der Waals surface area contributed by atoms with Gasteiger partial charge < -0.3 is 5.11 Å². The molecule has 1 aliphatic carbocycles. The van der Waals surface area contributed by atoms with Gasteiger partial charge in [-0.25, -0.2) is 4.39 Å². The third-order valence-electron chi connectivity index (χ3n) is 4.82. The van der Waals surface area contributed by atoms with Gasteiger partial charge in [0.1, 0.15) is 6.17 Å². The molecule has 2 heteroatoms. The lowest BCUT2D eigenvalue weighted by Gasteiger charge is -2.31. The van der Waals surface area contributed by atoms with Crippen LogP contribution in [-0.4, -0.2) is 11.2 Å². The van der Waals surface area contributed by atoms with Crippen LogP contribution in [0.2, 0.25) is 0 Å². The quantitative estimate of drug-likeness (QED) is 0.582. The number of aliphatic hydroxyl groups is 1. The van der Waals surface area contributed by atoms with E-state index >= 15 is 0 Å². The third-order valence-corrected chi connectivity index (χ3v) is 4.82. The number of rotatable bonds is 0. The van der Waals surface area contributed by atoms with E-state index in [9.17, 15) is 9.50 Å². The summed E-state index contributed by atoms with van der Waals surface area (Å²) in [5.41, 5.74) is 1.72. The summed E-state index contributed by atoms with van der Waals surface area (Å²) in [4.78, 5) is 0. The molecule has 1 N–H and O–H groups in total. The van der Waals surface area contributed by atoms with Crippen molar-refractivity contribution in [1.82, 2.24) is 0 Å². The molecular formula is C19H17FO. The summed E-state index contributed by atoms with van der Waals surface area (Å²) in [5, 5.41) is 14.7. The molecule has 1 aliphatic rings. The number of alkyl halides is 1. The molecule has 4 rings (SSSR count). The van der Waals surface area contributed by atoms with Crippen LogP contribution >= 0.6 is 0 Å². The Morgan fingerprint density at radius 3 is 2.57 bits per heavy atom. The molecule has 0 saturated heterocycles. The lowest BCUT2D eigenvalue weighted by Crippen LogP contribution is -2.25. The number of benzene rings is 3. The first-order valence-corrected chi connectivity index (χ1v) is 7.43. The Kier molecular flexibility index (Phi) is 2.76. The molecule has 0 saturated carbocycles. The summed E-state index contributed by atoms with van der Waals surface area (Å²) < 4.78 is 14.3. The van der Waals surface area contributed by atoms with Crippen LogP contribution in [-0.2, 0) is 0 Å². The Morgan fingerprint density at radius 2 is 1.71 bits per heavy atom. The number of hydrogen-bond acceptors (Lipinski definition) is 1. The molecule has 1 nitrogen and oxygen atoms in total. The first-order chi connectivity index (χ1) is 10.2. The fourth-order valence-electron chi connectivity index (χ4n) is 3.65. The minimum Gasteiger partial charge on any atom is -0.392 e. The summed E-state index contributed by atoms with van der Waals surface area (Å²) >= 11 is 0. The second-order valence-corrected chi connectivity index (χ2v) is 6.01. The molecule has 0 amide bonds. The molecule has 0 aliphatic heterocycles. The van der Waals surface area contributed by atoms with E-state index in [4.69, 9.17) is 0 Å². The first-order valence-electron chi connectivity index (χ1n) is 7.43. The van der Waals surface area contributed by atoms with Gasteiger partial charge in [0.15, 0.2) is 0 Å². The van der Waals surface area contributed by atoms with Gasteiger partial charge >= 0.3 is 0 Å². The Labute approximate surface area is 123 Å². The molecule has 0 aromatic heterocycles. The average molecular weight is 280 g/mol. The van der Waals surface area contributed by atoms with Gasteiger partial charge in [-0.05, 0) is 32.7 Å². The van der Waals surface area contributed by atoms with Crippen molar-refractivity contribution in [2.45, 2.75) is 31.5 Å². The molecule has 0 radical (unpaired) electrons.